The van der Waals surface area contributed by atoms with E-state index in [9.17, 15) is 0 Å². The van der Waals surface area contributed by atoms with Crippen molar-refractivity contribution in [2.24, 2.45) is 0 Å². The summed E-state index contributed by atoms with van der Waals surface area (Å²) in [6, 6.07) is 19.5. The predicted molar refractivity (Wildman–Crippen MR) is 83.7 cm³/mol. The molecule has 0 saturated heterocycles. The van der Waals surface area contributed by atoms with Crippen LogP contribution in [0.4, 0.5) is 0 Å². The van der Waals surface area contributed by atoms with Gasteiger partial charge in [-0.1, -0.05) is 42.5 Å². The summed E-state index contributed by atoms with van der Waals surface area (Å²) in [5, 5.41) is 8.28. The summed E-state index contributed by atoms with van der Waals surface area (Å²) in [6.45, 7) is 1.98. The van der Waals surface area contributed by atoms with Gasteiger partial charge in [0.15, 0.2) is 0 Å². The van der Waals surface area contributed by atoms with Crippen LogP contribution >= 0.6 is 11.3 Å². The third kappa shape index (κ3) is 3.22. The van der Waals surface area contributed by atoms with E-state index in [0.29, 0.717) is 0 Å². The molecule has 0 saturated carbocycles. The standard InChI is InChI=1S/C17H17NS/c1-2-5-16-12-14(7-8-15(16)4-1)13-18-10-9-17-6-3-11-19-17/h1-8,11-12,18H,9-10,13H2. The van der Waals surface area contributed by atoms with Gasteiger partial charge in [0.2, 0.25) is 0 Å². The lowest BCUT2D eigenvalue weighted by molar-refractivity contribution is 0.691. The molecule has 1 nitrogen and oxygen atoms in total. The van der Waals surface area contributed by atoms with Crippen LogP contribution in [-0.4, -0.2) is 6.54 Å². The van der Waals surface area contributed by atoms with Crippen molar-refractivity contribution in [2.45, 2.75) is 13.0 Å². The molecule has 96 valence electrons. The first kappa shape index (κ1) is 12.4. The minimum absolute atomic E-state index is 0.941. The van der Waals surface area contributed by atoms with E-state index in [1.807, 2.05) is 11.3 Å². The average Bonchev–Trinajstić information content (AvgIpc) is 2.97. The van der Waals surface area contributed by atoms with Crippen molar-refractivity contribution >= 4 is 22.1 Å². The van der Waals surface area contributed by atoms with E-state index < -0.39 is 0 Å². The highest BCUT2D eigenvalue weighted by Crippen LogP contribution is 2.15. The van der Waals surface area contributed by atoms with Gasteiger partial charge in [-0.05, 0) is 40.3 Å². The Hall–Kier alpha value is -1.64. The minimum Gasteiger partial charge on any atom is -0.312 e. The Balaban J connectivity index is 1.56. The van der Waals surface area contributed by atoms with Gasteiger partial charge in [0.1, 0.15) is 0 Å². The molecule has 0 fully saturated rings. The minimum atomic E-state index is 0.941. The molecular weight excluding hydrogens is 250 g/mol. The van der Waals surface area contributed by atoms with Gasteiger partial charge < -0.3 is 5.32 Å². The van der Waals surface area contributed by atoms with Crippen molar-refractivity contribution in [3.05, 3.63) is 70.4 Å². The maximum absolute atomic E-state index is 3.51. The normalized spacial score (nSPS) is 10.9. The van der Waals surface area contributed by atoms with Crippen molar-refractivity contribution in [1.82, 2.24) is 5.32 Å². The SMILES string of the molecule is c1csc(CCNCc2ccc3ccccc3c2)c1. The zero-order valence-corrected chi connectivity index (χ0v) is 11.6. The topological polar surface area (TPSA) is 12.0 Å². The van der Waals surface area contributed by atoms with Crippen molar-refractivity contribution < 1.29 is 0 Å². The van der Waals surface area contributed by atoms with Crippen LogP contribution in [0.15, 0.2) is 60.0 Å². The van der Waals surface area contributed by atoms with E-state index in [1.165, 1.54) is 21.2 Å². The molecule has 0 bridgehead atoms. The lowest BCUT2D eigenvalue weighted by Gasteiger charge is -2.05. The van der Waals surface area contributed by atoms with Crippen LogP contribution in [0.1, 0.15) is 10.4 Å². The van der Waals surface area contributed by atoms with Gasteiger partial charge in [-0.15, -0.1) is 11.3 Å². The van der Waals surface area contributed by atoms with Crippen LogP contribution < -0.4 is 5.32 Å². The number of hydrogen-bond acceptors (Lipinski definition) is 2. The number of fused-ring (bicyclic) bond motifs is 1. The summed E-state index contributed by atoms with van der Waals surface area (Å²) >= 11 is 1.83. The van der Waals surface area contributed by atoms with E-state index >= 15 is 0 Å². The average molecular weight is 267 g/mol. The van der Waals surface area contributed by atoms with Crippen LogP contribution in [-0.2, 0) is 13.0 Å². The number of thiophene rings is 1. The monoisotopic (exact) mass is 267 g/mol. The van der Waals surface area contributed by atoms with E-state index in [1.54, 1.807) is 0 Å². The molecule has 0 aliphatic rings. The lowest BCUT2D eigenvalue weighted by atomic mass is 10.1. The van der Waals surface area contributed by atoms with Gasteiger partial charge in [-0.25, -0.2) is 0 Å². The molecule has 0 aliphatic carbocycles. The number of benzene rings is 2. The van der Waals surface area contributed by atoms with Gasteiger partial charge in [-0.3, -0.25) is 0 Å². The molecule has 0 unspecified atom stereocenters. The van der Waals surface area contributed by atoms with Gasteiger partial charge in [0, 0.05) is 18.0 Å². The quantitative estimate of drug-likeness (QED) is 0.682. The number of rotatable bonds is 5. The lowest BCUT2D eigenvalue weighted by Crippen LogP contribution is -2.16. The first-order valence-electron chi connectivity index (χ1n) is 6.62. The highest BCUT2D eigenvalue weighted by Gasteiger charge is 1.97. The third-order valence-electron chi connectivity index (χ3n) is 3.27. The van der Waals surface area contributed by atoms with E-state index in [4.69, 9.17) is 0 Å². The molecule has 0 radical (unpaired) electrons. The van der Waals surface area contributed by atoms with Crippen molar-refractivity contribution in [2.75, 3.05) is 6.54 Å². The number of hydrogen-bond donors (Lipinski definition) is 1. The second-order valence-electron chi connectivity index (χ2n) is 4.69. The molecule has 2 aromatic carbocycles. The first-order chi connectivity index (χ1) is 9.42. The second kappa shape index (κ2) is 6.00. The Kier molecular flexibility index (Phi) is 3.92. The van der Waals surface area contributed by atoms with Crippen LogP contribution in [0.2, 0.25) is 0 Å². The van der Waals surface area contributed by atoms with E-state index in [-0.39, 0.29) is 0 Å². The Labute approximate surface area is 117 Å². The van der Waals surface area contributed by atoms with Gasteiger partial charge >= 0.3 is 0 Å². The van der Waals surface area contributed by atoms with Crippen LogP contribution in [0.5, 0.6) is 0 Å². The molecule has 3 aromatic rings. The highest BCUT2D eigenvalue weighted by atomic mass is 32.1. The predicted octanol–water partition coefficient (Wildman–Crippen LogP) is 4.23. The zero-order valence-electron chi connectivity index (χ0n) is 10.8. The van der Waals surface area contributed by atoms with E-state index in [0.717, 1.165) is 19.5 Å². The summed E-state index contributed by atoms with van der Waals surface area (Å²) in [6.07, 6.45) is 1.12. The summed E-state index contributed by atoms with van der Waals surface area (Å²) in [7, 11) is 0. The Morgan fingerprint density at radius 1 is 0.895 bits per heavy atom. The Morgan fingerprint density at radius 2 is 1.79 bits per heavy atom. The molecule has 1 heterocycles. The van der Waals surface area contributed by atoms with E-state index in [2.05, 4.69) is 65.3 Å². The van der Waals surface area contributed by atoms with Crippen LogP contribution in [0.3, 0.4) is 0 Å². The molecule has 1 aromatic heterocycles. The molecule has 0 aliphatic heterocycles. The number of nitrogens with one attached hydrogen (secondary N) is 1. The summed E-state index contributed by atoms with van der Waals surface area (Å²) in [5.74, 6) is 0. The maximum atomic E-state index is 3.51. The summed E-state index contributed by atoms with van der Waals surface area (Å²) < 4.78 is 0. The van der Waals surface area contributed by atoms with Crippen molar-refractivity contribution in [1.29, 1.82) is 0 Å². The fourth-order valence-corrected chi connectivity index (χ4v) is 2.96. The fourth-order valence-electron chi connectivity index (χ4n) is 2.25. The maximum Gasteiger partial charge on any atom is 0.0205 e. The molecule has 19 heavy (non-hydrogen) atoms. The van der Waals surface area contributed by atoms with Gasteiger partial charge in [0.25, 0.3) is 0 Å². The van der Waals surface area contributed by atoms with Crippen molar-refractivity contribution in [3.63, 3.8) is 0 Å². The summed E-state index contributed by atoms with van der Waals surface area (Å²) in [5.41, 5.74) is 1.35. The van der Waals surface area contributed by atoms with Crippen LogP contribution in [0.25, 0.3) is 10.8 Å². The first-order valence-corrected chi connectivity index (χ1v) is 7.50. The Bertz CT molecular complexity index is 643. The fraction of sp³-hybridized carbons (Fsp3) is 0.176. The van der Waals surface area contributed by atoms with Crippen molar-refractivity contribution in [3.8, 4) is 0 Å². The molecule has 3 rings (SSSR count). The summed E-state index contributed by atoms with van der Waals surface area (Å²) in [4.78, 5) is 1.45. The Morgan fingerprint density at radius 3 is 2.63 bits per heavy atom. The molecule has 0 spiro atoms. The molecular formula is C17H17NS. The smallest absolute Gasteiger partial charge is 0.0205 e. The highest BCUT2D eigenvalue weighted by molar-refractivity contribution is 7.09. The third-order valence-corrected chi connectivity index (χ3v) is 4.21. The second-order valence-corrected chi connectivity index (χ2v) is 5.72. The molecule has 1 N–H and O–H groups in total. The zero-order chi connectivity index (χ0) is 12.9. The largest absolute Gasteiger partial charge is 0.312 e. The van der Waals surface area contributed by atoms with Gasteiger partial charge in [-0.2, -0.15) is 0 Å². The van der Waals surface area contributed by atoms with Crippen LogP contribution in [0, 0.1) is 0 Å². The molecule has 0 amide bonds. The molecule has 0 atom stereocenters. The van der Waals surface area contributed by atoms with Gasteiger partial charge in [0.05, 0.1) is 0 Å². The molecule has 2 heteroatoms.